The molecule has 0 aromatic heterocycles. The molecule has 2 heterocycles. The summed E-state index contributed by atoms with van der Waals surface area (Å²) in [5.74, 6) is 0. The van der Waals surface area contributed by atoms with Crippen molar-refractivity contribution in [2.24, 2.45) is 5.41 Å². The molecule has 1 spiro atoms. The molecule has 0 aromatic carbocycles. The zero-order valence-electron chi connectivity index (χ0n) is 10.2. The highest BCUT2D eigenvalue weighted by Crippen LogP contribution is 2.41. The van der Waals surface area contributed by atoms with Gasteiger partial charge in [-0.3, -0.25) is 0 Å². The Labute approximate surface area is 88.6 Å². The molecule has 2 saturated heterocycles. The van der Waals surface area contributed by atoms with Crippen LogP contribution in [0.25, 0.3) is 0 Å². The Hall–Kier alpha value is -0.0800. The molecular weight excluding hydrogens is 174 g/mol. The lowest BCUT2D eigenvalue weighted by molar-refractivity contribution is 0.0203. The van der Waals surface area contributed by atoms with E-state index in [1.54, 1.807) is 0 Å². The minimum atomic E-state index is 0.617. The molecule has 2 fully saturated rings. The van der Waals surface area contributed by atoms with Crippen molar-refractivity contribution in [3.8, 4) is 0 Å². The van der Waals surface area contributed by atoms with E-state index in [1.165, 1.54) is 25.8 Å². The van der Waals surface area contributed by atoms with Crippen molar-refractivity contribution in [1.82, 2.24) is 4.90 Å². The summed E-state index contributed by atoms with van der Waals surface area (Å²) in [4.78, 5) is 2.49. The second-order valence-electron chi connectivity index (χ2n) is 4.58. The van der Waals surface area contributed by atoms with E-state index in [2.05, 4.69) is 18.9 Å². The van der Waals surface area contributed by atoms with Gasteiger partial charge in [-0.1, -0.05) is 13.8 Å². The van der Waals surface area contributed by atoms with Gasteiger partial charge in [0.15, 0.2) is 0 Å². The third-order valence-corrected chi connectivity index (χ3v) is 3.62. The maximum atomic E-state index is 5.41. The average Bonchev–Trinajstić information content (AvgIpc) is 2.46. The van der Waals surface area contributed by atoms with Crippen molar-refractivity contribution in [2.75, 3.05) is 26.8 Å². The van der Waals surface area contributed by atoms with Gasteiger partial charge in [0.1, 0.15) is 0 Å². The summed E-state index contributed by atoms with van der Waals surface area (Å²) in [5.41, 5.74) is 0.617. The predicted octanol–water partition coefficient (Wildman–Crippen LogP) is 2.53. The Morgan fingerprint density at radius 3 is 2.21 bits per heavy atom. The quantitative estimate of drug-likeness (QED) is 0.594. The molecule has 0 saturated carbocycles. The standard InChI is InChI=1S/C10H19NO.C2H6/c1-9-7-10(8-11(9)2)3-5-12-6-4-10;1-2/h9H,3-8H2,1-2H3;1-2H3. The monoisotopic (exact) mass is 199 g/mol. The Kier molecular flexibility index (Phi) is 4.39. The Balaban J connectivity index is 0.000000461. The van der Waals surface area contributed by atoms with Gasteiger partial charge in [-0.2, -0.15) is 0 Å². The van der Waals surface area contributed by atoms with Crippen LogP contribution in [-0.4, -0.2) is 37.7 Å². The van der Waals surface area contributed by atoms with E-state index in [9.17, 15) is 0 Å². The Bertz CT molecular complexity index is 152. The van der Waals surface area contributed by atoms with Gasteiger partial charge in [0.05, 0.1) is 0 Å². The minimum absolute atomic E-state index is 0.617. The number of hydrogen-bond donors (Lipinski definition) is 0. The number of likely N-dealkylation sites (tertiary alicyclic amines) is 1. The van der Waals surface area contributed by atoms with E-state index in [0.717, 1.165) is 19.3 Å². The topological polar surface area (TPSA) is 12.5 Å². The van der Waals surface area contributed by atoms with Gasteiger partial charge >= 0.3 is 0 Å². The van der Waals surface area contributed by atoms with E-state index >= 15 is 0 Å². The van der Waals surface area contributed by atoms with Crippen molar-refractivity contribution in [3.63, 3.8) is 0 Å². The molecule has 84 valence electrons. The molecule has 2 heteroatoms. The molecule has 2 nitrogen and oxygen atoms in total. The van der Waals surface area contributed by atoms with Gasteiger partial charge in [0.2, 0.25) is 0 Å². The summed E-state index contributed by atoms with van der Waals surface area (Å²) >= 11 is 0. The fourth-order valence-electron chi connectivity index (χ4n) is 2.70. The summed E-state index contributed by atoms with van der Waals surface area (Å²) < 4.78 is 5.41. The highest BCUT2D eigenvalue weighted by molar-refractivity contribution is 4.93. The van der Waals surface area contributed by atoms with E-state index < -0.39 is 0 Å². The summed E-state index contributed by atoms with van der Waals surface area (Å²) in [6.45, 7) is 9.60. The van der Waals surface area contributed by atoms with Gasteiger partial charge in [-0.25, -0.2) is 0 Å². The molecule has 0 radical (unpaired) electrons. The lowest BCUT2D eigenvalue weighted by Gasteiger charge is -2.32. The Morgan fingerprint density at radius 1 is 1.21 bits per heavy atom. The lowest BCUT2D eigenvalue weighted by atomic mass is 9.78. The van der Waals surface area contributed by atoms with Crippen molar-refractivity contribution in [2.45, 2.75) is 46.1 Å². The number of rotatable bonds is 0. The molecule has 0 aromatic rings. The maximum Gasteiger partial charge on any atom is 0.0471 e. The number of hydrogen-bond acceptors (Lipinski definition) is 2. The molecular formula is C12H25NO. The van der Waals surface area contributed by atoms with Gasteiger partial charge in [-0.15, -0.1) is 0 Å². The predicted molar refractivity (Wildman–Crippen MR) is 60.5 cm³/mol. The van der Waals surface area contributed by atoms with Crippen molar-refractivity contribution in [1.29, 1.82) is 0 Å². The summed E-state index contributed by atoms with van der Waals surface area (Å²) in [6.07, 6.45) is 3.94. The molecule has 14 heavy (non-hydrogen) atoms. The van der Waals surface area contributed by atoms with Crippen LogP contribution in [0.15, 0.2) is 0 Å². The second kappa shape index (κ2) is 5.13. The number of ether oxygens (including phenoxy) is 1. The Morgan fingerprint density at radius 2 is 1.79 bits per heavy atom. The van der Waals surface area contributed by atoms with E-state index in [0.29, 0.717) is 5.41 Å². The molecule has 0 amide bonds. The minimum Gasteiger partial charge on any atom is -0.381 e. The van der Waals surface area contributed by atoms with E-state index in [4.69, 9.17) is 4.74 Å². The van der Waals surface area contributed by atoms with E-state index in [-0.39, 0.29) is 0 Å². The zero-order valence-corrected chi connectivity index (χ0v) is 10.2. The first kappa shape index (κ1) is 12.0. The largest absolute Gasteiger partial charge is 0.381 e. The molecule has 2 aliphatic rings. The van der Waals surface area contributed by atoms with Crippen LogP contribution in [-0.2, 0) is 4.74 Å². The van der Waals surface area contributed by atoms with Gasteiger partial charge < -0.3 is 9.64 Å². The normalized spacial score (nSPS) is 31.3. The van der Waals surface area contributed by atoms with Crippen LogP contribution in [0.4, 0.5) is 0 Å². The number of nitrogens with zero attached hydrogens (tertiary/aromatic N) is 1. The SMILES string of the molecule is CC.CC1CC2(CCOCC2)CN1C. The molecule has 0 aliphatic carbocycles. The first-order valence-corrected chi connectivity index (χ1v) is 6.00. The van der Waals surface area contributed by atoms with Crippen LogP contribution < -0.4 is 0 Å². The van der Waals surface area contributed by atoms with Crippen molar-refractivity contribution < 1.29 is 4.74 Å². The summed E-state index contributed by atoms with van der Waals surface area (Å²) in [6, 6.07) is 0.781. The van der Waals surface area contributed by atoms with Gasteiger partial charge in [-0.05, 0) is 38.6 Å². The molecule has 1 atom stereocenters. The van der Waals surface area contributed by atoms with Crippen molar-refractivity contribution >= 4 is 0 Å². The summed E-state index contributed by atoms with van der Waals surface area (Å²) in [7, 11) is 2.24. The molecule has 0 bridgehead atoms. The van der Waals surface area contributed by atoms with Crippen molar-refractivity contribution in [3.05, 3.63) is 0 Å². The second-order valence-corrected chi connectivity index (χ2v) is 4.58. The highest BCUT2D eigenvalue weighted by atomic mass is 16.5. The molecule has 1 unspecified atom stereocenters. The maximum absolute atomic E-state index is 5.41. The zero-order chi connectivity index (χ0) is 10.6. The van der Waals surface area contributed by atoms with Crippen LogP contribution in [0.5, 0.6) is 0 Å². The van der Waals surface area contributed by atoms with Gasteiger partial charge in [0, 0.05) is 25.8 Å². The first-order valence-electron chi connectivity index (χ1n) is 6.00. The van der Waals surface area contributed by atoms with Crippen LogP contribution >= 0.6 is 0 Å². The van der Waals surface area contributed by atoms with Crippen LogP contribution in [0.2, 0.25) is 0 Å². The first-order chi connectivity index (χ1) is 6.72. The molecule has 0 N–H and O–H groups in total. The average molecular weight is 199 g/mol. The fourth-order valence-corrected chi connectivity index (χ4v) is 2.70. The smallest absolute Gasteiger partial charge is 0.0471 e. The third-order valence-electron chi connectivity index (χ3n) is 3.62. The third kappa shape index (κ3) is 2.48. The van der Waals surface area contributed by atoms with Crippen LogP contribution in [0.3, 0.4) is 0 Å². The molecule has 2 aliphatic heterocycles. The fraction of sp³-hybridized carbons (Fsp3) is 1.00. The summed E-state index contributed by atoms with van der Waals surface area (Å²) in [5, 5.41) is 0. The highest BCUT2D eigenvalue weighted by Gasteiger charge is 2.41. The van der Waals surface area contributed by atoms with Gasteiger partial charge in [0.25, 0.3) is 0 Å². The van der Waals surface area contributed by atoms with Crippen LogP contribution in [0.1, 0.15) is 40.0 Å². The molecule has 2 rings (SSSR count). The van der Waals surface area contributed by atoms with E-state index in [1.807, 2.05) is 13.8 Å². The lowest BCUT2D eigenvalue weighted by Crippen LogP contribution is -2.31. The van der Waals surface area contributed by atoms with Crippen LogP contribution in [0, 0.1) is 5.41 Å².